The molecular formula is C23H27BrFNO2. The number of amides is 1. The number of fused-ring (bicyclic) bond motifs is 1. The van der Waals surface area contributed by atoms with Crippen LogP contribution < -0.4 is 4.90 Å². The summed E-state index contributed by atoms with van der Waals surface area (Å²) in [5, 5.41) is 0. The highest BCUT2D eigenvalue weighted by molar-refractivity contribution is 9.10. The molecule has 0 saturated carbocycles. The second-order valence-corrected chi connectivity index (χ2v) is 9.53. The minimum Gasteiger partial charge on any atom is -0.443 e. The smallest absolute Gasteiger partial charge is 0.415 e. The van der Waals surface area contributed by atoms with Crippen molar-refractivity contribution in [3.63, 3.8) is 0 Å². The second-order valence-electron chi connectivity index (χ2n) is 8.61. The largest absolute Gasteiger partial charge is 0.443 e. The number of rotatable bonds is 2. The third kappa shape index (κ3) is 4.40. The van der Waals surface area contributed by atoms with Gasteiger partial charge in [-0.05, 0) is 80.5 Å². The Hall–Kier alpha value is -1.88. The van der Waals surface area contributed by atoms with Crippen LogP contribution >= 0.6 is 15.9 Å². The number of nitrogens with zero attached hydrogens (tertiary/aromatic N) is 1. The van der Waals surface area contributed by atoms with Gasteiger partial charge in [0.2, 0.25) is 0 Å². The van der Waals surface area contributed by atoms with Crippen molar-refractivity contribution in [2.75, 3.05) is 4.90 Å². The van der Waals surface area contributed by atoms with E-state index in [2.05, 4.69) is 41.9 Å². The van der Waals surface area contributed by atoms with Crippen LogP contribution in [0.3, 0.4) is 0 Å². The van der Waals surface area contributed by atoms with E-state index >= 15 is 0 Å². The summed E-state index contributed by atoms with van der Waals surface area (Å²) in [5.41, 5.74) is 3.46. The van der Waals surface area contributed by atoms with E-state index in [0.717, 1.165) is 39.7 Å². The van der Waals surface area contributed by atoms with Crippen LogP contribution in [0.25, 0.3) is 0 Å². The standard InChI is InChI=1S/C23H27BrFNO2/c1-14(2)19-13-17(24)12-16-8-11-20(15-6-9-18(25)10-7-15)26(21(16)19)22(27)28-23(3,4)5/h6-7,9-10,12-14,20H,8,11H2,1-5H3. The molecule has 0 saturated heterocycles. The van der Waals surface area contributed by atoms with E-state index < -0.39 is 5.60 Å². The third-order valence-electron chi connectivity index (χ3n) is 4.89. The molecule has 1 amide bonds. The molecule has 0 aromatic heterocycles. The van der Waals surface area contributed by atoms with Gasteiger partial charge in [0.1, 0.15) is 11.4 Å². The van der Waals surface area contributed by atoms with Crippen LogP contribution in [0.5, 0.6) is 0 Å². The Morgan fingerprint density at radius 3 is 2.43 bits per heavy atom. The zero-order chi connectivity index (χ0) is 20.6. The predicted molar refractivity (Wildman–Crippen MR) is 114 cm³/mol. The maximum atomic E-state index is 13.5. The van der Waals surface area contributed by atoms with Gasteiger partial charge in [0.15, 0.2) is 0 Å². The van der Waals surface area contributed by atoms with E-state index in [-0.39, 0.29) is 23.9 Å². The SMILES string of the molecule is CC(C)c1cc(Br)cc2c1N(C(=O)OC(C)(C)C)C(c1ccc(F)cc1)CC2. The van der Waals surface area contributed by atoms with Crippen molar-refractivity contribution in [3.8, 4) is 0 Å². The summed E-state index contributed by atoms with van der Waals surface area (Å²) in [5.74, 6) is -0.0428. The van der Waals surface area contributed by atoms with Gasteiger partial charge in [-0.1, -0.05) is 41.9 Å². The van der Waals surface area contributed by atoms with Crippen LogP contribution in [0.1, 0.15) is 69.7 Å². The molecule has 3 nitrogen and oxygen atoms in total. The van der Waals surface area contributed by atoms with Crippen molar-refractivity contribution >= 4 is 27.7 Å². The number of anilines is 1. The van der Waals surface area contributed by atoms with Gasteiger partial charge < -0.3 is 4.74 Å². The molecule has 0 aliphatic carbocycles. The quantitative estimate of drug-likeness (QED) is 0.489. The molecule has 1 aliphatic rings. The number of benzene rings is 2. The first-order chi connectivity index (χ1) is 13.1. The van der Waals surface area contributed by atoms with Gasteiger partial charge in [-0.25, -0.2) is 9.18 Å². The van der Waals surface area contributed by atoms with E-state index in [1.807, 2.05) is 20.8 Å². The van der Waals surface area contributed by atoms with E-state index in [1.54, 1.807) is 17.0 Å². The molecule has 28 heavy (non-hydrogen) atoms. The van der Waals surface area contributed by atoms with Crippen LogP contribution in [0.2, 0.25) is 0 Å². The molecule has 150 valence electrons. The Kier molecular flexibility index (Phi) is 5.85. The number of ether oxygens (including phenoxy) is 1. The Bertz CT molecular complexity index is 871. The summed E-state index contributed by atoms with van der Waals surface area (Å²) < 4.78 is 20.3. The van der Waals surface area contributed by atoms with Crippen LogP contribution in [-0.2, 0) is 11.2 Å². The molecule has 1 heterocycles. The third-order valence-corrected chi connectivity index (χ3v) is 5.35. The van der Waals surface area contributed by atoms with Crippen LogP contribution in [0, 0.1) is 5.82 Å². The summed E-state index contributed by atoms with van der Waals surface area (Å²) in [7, 11) is 0. The summed E-state index contributed by atoms with van der Waals surface area (Å²) in [4.78, 5) is 15.1. The molecule has 1 aliphatic heterocycles. The fourth-order valence-electron chi connectivity index (χ4n) is 3.71. The topological polar surface area (TPSA) is 29.5 Å². The molecule has 5 heteroatoms. The predicted octanol–water partition coefficient (Wildman–Crippen LogP) is 7.14. The van der Waals surface area contributed by atoms with E-state index in [4.69, 9.17) is 4.74 Å². The van der Waals surface area contributed by atoms with Gasteiger partial charge in [0.05, 0.1) is 11.7 Å². The lowest BCUT2D eigenvalue weighted by Crippen LogP contribution is -2.42. The second kappa shape index (κ2) is 7.86. The lowest BCUT2D eigenvalue weighted by atomic mass is 9.87. The van der Waals surface area contributed by atoms with Crippen molar-refractivity contribution in [2.45, 2.75) is 65.0 Å². The van der Waals surface area contributed by atoms with Crippen LogP contribution in [0.15, 0.2) is 40.9 Å². The summed E-state index contributed by atoms with van der Waals surface area (Å²) in [6, 6.07) is 10.4. The maximum Gasteiger partial charge on any atom is 0.415 e. The van der Waals surface area contributed by atoms with Crippen molar-refractivity contribution in [1.82, 2.24) is 0 Å². The van der Waals surface area contributed by atoms with E-state index in [0.29, 0.717) is 0 Å². The molecule has 0 spiro atoms. The summed E-state index contributed by atoms with van der Waals surface area (Å²) in [6.45, 7) is 9.85. The molecule has 0 fully saturated rings. The number of hydrogen-bond donors (Lipinski definition) is 0. The van der Waals surface area contributed by atoms with Gasteiger partial charge in [-0.2, -0.15) is 0 Å². The number of aryl methyl sites for hydroxylation is 1. The Labute approximate surface area is 175 Å². The summed E-state index contributed by atoms with van der Waals surface area (Å²) >= 11 is 3.61. The number of carbonyl (C=O) groups is 1. The van der Waals surface area contributed by atoms with Crippen molar-refractivity contribution in [2.24, 2.45) is 0 Å². The molecule has 2 aromatic rings. The maximum absolute atomic E-state index is 13.5. The molecule has 0 N–H and O–H groups in total. The zero-order valence-electron chi connectivity index (χ0n) is 17.1. The van der Waals surface area contributed by atoms with Crippen molar-refractivity contribution in [1.29, 1.82) is 0 Å². The van der Waals surface area contributed by atoms with E-state index in [9.17, 15) is 9.18 Å². The average molecular weight is 448 g/mol. The summed E-state index contributed by atoms with van der Waals surface area (Å²) in [6.07, 6.45) is 1.23. The van der Waals surface area contributed by atoms with Crippen LogP contribution in [0.4, 0.5) is 14.9 Å². The Morgan fingerprint density at radius 1 is 1.21 bits per heavy atom. The molecular weight excluding hydrogens is 421 g/mol. The van der Waals surface area contributed by atoms with Gasteiger partial charge in [-0.15, -0.1) is 0 Å². The van der Waals surface area contributed by atoms with Crippen molar-refractivity contribution in [3.05, 3.63) is 63.4 Å². The zero-order valence-corrected chi connectivity index (χ0v) is 18.6. The Balaban J connectivity index is 2.16. The number of hydrogen-bond acceptors (Lipinski definition) is 2. The first-order valence-electron chi connectivity index (χ1n) is 9.67. The minimum atomic E-state index is -0.602. The molecule has 0 bridgehead atoms. The van der Waals surface area contributed by atoms with Crippen LogP contribution in [-0.4, -0.2) is 11.7 Å². The minimum absolute atomic E-state index is 0.193. The van der Waals surface area contributed by atoms with E-state index in [1.165, 1.54) is 12.1 Å². The first kappa shape index (κ1) is 20.8. The number of carbonyl (C=O) groups excluding carboxylic acids is 1. The molecule has 3 rings (SSSR count). The van der Waals surface area contributed by atoms with Gasteiger partial charge in [0.25, 0.3) is 0 Å². The Morgan fingerprint density at radius 2 is 1.86 bits per heavy atom. The average Bonchev–Trinajstić information content (AvgIpc) is 2.59. The first-order valence-corrected chi connectivity index (χ1v) is 10.5. The molecule has 1 atom stereocenters. The highest BCUT2D eigenvalue weighted by atomic mass is 79.9. The lowest BCUT2D eigenvalue weighted by Gasteiger charge is -2.40. The van der Waals surface area contributed by atoms with Gasteiger partial charge in [-0.3, -0.25) is 4.90 Å². The lowest BCUT2D eigenvalue weighted by molar-refractivity contribution is 0.0559. The highest BCUT2D eigenvalue weighted by Crippen LogP contribution is 2.44. The fourth-order valence-corrected chi connectivity index (χ4v) is 4.23. The number of halogens is 2. The fraction of sp³-hybridized carbons (Fsp3) is 0.435. The van der Waals surface area contributed by atoms with Crippen molar-refractivity contribution < 1.29 is 13.9 Å². The molecule has 1 unspecified atom stereocenters. The van der Waals surface area contributed by atoms with Gasteiger partial charge >= 0.3 is 6.09 Å². The monoisotopic (exact) mass is 447 g/mol. The van der Waals surface area contributed by atoms with Gasteiger partial charge in [0, 0.05) is 4.47 Å². The molecule has 2 aromatic carbocycles. The highest BCUT2D eigenvalue weighted by Gasteiger charge is 2.37. The molecule has 0 radical (unpaired) electrons. The normalized spacial score (nSPS) is 16.9.